The maximum Gasteiger partial charge on any atom is 0.125 e. The summed E-state index contributed by atoms with van der Waals surface area (Å²) < 4.78 is 1.83. The van der Waals surface area contributed by atoms with Crippen molar-refractivity contribution in [3.05, 3.63) is 35.9 Å². The Kier molecular flexibility index (Phi) is 3.28. The Morgan fingerprint density at radius 2 is 1.79 bits per heavy atom. The molecule has 0 spiro atoms. The van der Waals surface area contributed by atoms with Crippen LogP contribution in [0.1, 0.15) is 43.6 Å². The predicted molar refractivity (Wildman–Crippen MR) is 78.9 cm³/mol. The molecular formula is C16H21N3. The molecular weight excluding hydrogens is 234 g/mol. The molecule has 3 rings (SSSR count). The van der Waals surface area contributed by atoms with Gasteiger partial charge in [0.25, 0.3) is 0 Å². The highest BCUT2D eigenvalue weighted by Crippen LogP contribution is 2.40. The topological polar surface area (TPSA) is 43.8 Å². The van der Waals surface area contributed by atoms with E-state index in [4.69, 9.17) is 5.73 Å². The molecule has 19 heavy (non-hydrogen) atoms. The van der Waals surface area contributed by atoms with Crippen LogP contribution in [0, 0.1) is 0 Å². The maximum absolute atomic E-state index is 6.27. The van der Waals surface area contributed by atoms with E-state index in [1.807, 2.05) is 17.8 Å². The van der Waals surface area contributed by atoms with Gasteiger partial charge in [-0.2, -0.15) is 5.10 Å². The first kappa shape index (κ1) is 12.3. The zero-order valence-electron chi connectivity index (χ0n) is 11.5. The third-order valence-corrected chi connectivity index (χ3v) is 4.19. The molecule has 0 saturated heterocycles. The van der Waals surface area contributed by atoms with Gasteiger partial charge in [0.05, 0.1) is 5.69 Å². The highest BCUT2D eigenvalue weighted by Gasteiger charge is 2.25. The monoisotopic (exact) mass is 255 g/mol. The summed E-state index contributed by atoms with van der Waals surface area (Å²) in [5.74, 6) is 1.42. The van der Waals surface area contributed by atoms with Crippen molar-refractivity contribution in [2.75, 3.05) is 5.73 Å². The zero-order valence-corrected chi connectivity index (χ0v) is 11.5. The van der Waals surface area contributed by atoms with Crippen LogP contribution >= 0.6 is 0 Å². The predicted octanol–water partition coefficient (Wildman–Crippen LogP) is 3.72. The van der Waals surface area contributed by atoms with E-state index in [9.17, 15) is 0 Å². The zero-order chi connectivity index (χ0) is 13.2. The Morgan fingerprint density at radius 1 is 1.11 bits per heavy atom. The largest absolute Gasteiger partial charge is 0.384 e. The molecule has 3 heteroatoms. The average Bonchev–Trinajstić information content (AvgIpc) is 2.77. The Labute approximate surface area is 114 Å². The van der Waals surface area contributed by atoms with Crippen molar-refractivity contribution in [3.63, 3.8) is 0 Å². The van der Waals surface area contributed by atoms with Gasteiger partial charge in [-0.1, -0.05) is 49.6 Å². The summed E-state index contributed by atoms with van der Waals surface area (Å²) in [7, 11) is 1.94. The van der Waals surface area contributed by atoms with E-state index in [1.165, 1.54) is 43.2 Å². The molecule has 0 amide bonds. The lowest BCUT2D eigenvalue weighted by Crippen LogP contribution is -2.08. The Morgan fingerprint density at radius 3 is 2.47 bits per heavy atom. The molecule has 1 fully saturated rings. The van der Waals surface area contributed by atoms with Crippen molar-refractivity contribution in [2.45, 2.75) is 38.0 Å². The van der Waals surface area contributed by atoms with Gasteiger partial charge >= 0.3 is 0 Å². The van der Waals surface area contributed by atoms with Crippen molar-refractivity contribution in [3.8, 4) is 11.3 Å². The van der Waals surface area contributed by atoms with Gasteiger partial charge in [0.2, 0.25) is 0 Å². The minimum atomic E-state index is 0.581. The van der Waals surface area contributed by atoms with Crippen LogP contribution in [-0.4, -0.2) is 9.78 Å². The van der Waals surface area contributed by atoms with Crippen LogP contribution in [0.2, 0.25) is 0 Å². The lowest BCUT2D eigenvalue weighted by Gasteiger charge is -2.22. The van der Waals surface area contributed by atoms with Crippen molar-refractivity contribution in [1.82, 2.24) is 9.78 Å². The lowest BCUT2D eigenvalue weighted by atomic mass is 9.83. The van der Waals surface area contributed by atoms with Crippen molar-refractivity contribution in [2.24, 2.45) is 7.05 Å². The van der Waals surface area contributed by atoms with Crippen molar-refractivity contribution >= 4 is 5.82 Å². The molecule has 1 aliphatic rings. The van der Waals surface area contributed by atoms with Crippen LogP contribution in [0.5, 0.6) is 0 Å². The molecule has 1 aromatic heterocycles. The number of aromatic nitrogens is 2. The number of benzene rings is 1. The van der Waals surface area contributed by atoms with E-state index in [2.05, 4.69) is 29.4 Å². The SMILES string of the molecule is Cn1nc(-c2ccccc2)c(C2CCCCC2)c1N. The Bertz CT molecular complexity index is 551. The highest BCUT2D eigenvalue weighted by molar-refractivity contribution is 5.69. The quantitative estimate of drug-likeness (QED) is 0.888. The molecule has 0 bridgehead atoms. The molecule has 1 heterocycles. The number of aryl methyl sites for hydroxylation is 1. The minimum Gasteiger partial charge on any atom is -0.384 e. The van der Waals surface area contributed by atoms with Gasteiger partial charge in [0, 0.05) is 18.2 Å². The molecule has 100 valence electrons. The fourth-order valence-corrected chi connectivity index (χ4v) is 3.16. The first-order valence-corrected chi connectivity index (χ1v) is 7.15. The van der Waals surface area contributed by atoms with Crippen LogP contribution in [-0.2, 0) is 7.05 Å². The summed E-state index contributed by atoms with van der Waals surface area (Å²) in [6.07, 6.45) is 6.48. The molecule has 0 aliphatic heterocycles. The average molecular weight is 255 g/mol. The van der Waals surface area contributed by atoms with Crippen LogP contribution < -0.4 is 5.73 Å². The standard InChI is InChI=1S/C16H21N3/c1-19-16(17)14(12-8-4-2-5-9-12)15(18-19)13-10-6-3-7-11-13/h3,6-7,10-12H,2,4-5,8-9,17H2,1H3. The normalized spacial score (nSPS) is 16.7. The number of hydrogen-bond acceptors (Lipinski definition) is 2. The lowest BCUT2D eigenvalue weighted by molar-refractivity contribution is 0.445. The van der Waals surface area contributed by atoms with E-state index >= 15 is 0 Å². The van der Waals surface area contributed by atoms with Gasteiger partial charge in [-0.05, 0) is 18.8 Å². The molecule has 0 radical (unpaired) electrons. The second kappa shape index (κ2) is 5.08. The summed E-state index contributed by atoms with van der Waals surface area (Å²) in [5.41, 5.74) is 9.80. The summed E-state index contributed by atoms with van der Waals surface area (Å²) in [6.45, 7) is 0. The molecule has 0 atom stereocenters. The number of nitrogens with two attached hydrogens (primary N) is 1. The third kappa shape index (κ3) is 2.25. The van der Waals surface area contributed by atoms with Gasteiger partial charge in [0.1, 0.15) is 5.82 Å². The van der Waals surface area contributed by atoms with Crippen molar-refractivity contribution in [1.29, 1.82) is 0 Å². The van der Waals surface area contributed by atoms with Gasteiger partial charge in [-0.3, -0.25) is 4.68 Å². The molecule has 2 aromatic rings. The van der Waals surface area contributed by atoms with E-state index in [0.717, 1.165) is 11.5 Å². The molecule has 1 aromatic carbocycles. The maximum atomic E-state index is 6.27. The summed E-state index contributed by atoms with van der Waals surface area (Å²) in [5, 5.41) is 4.65. The summed E-state index contributed by atoms with van der Waals surface area (Å²) >= 11 is 0. The third-order valence-electron chi connectivity index (χ3n) is 4.19. The first-order valence-electron chi connectivity index (χ1n) is 7.15. The number of nitrogens with zero attached hydrogens (tertiary/aromatic N) is 2. The smallest absolute Gasteiger partial charge is 0.125 e. The van der Waals surface area contributed by atoms with Crippen LogP contribution in [0.25, 0.3) is 11.3 Å². The van der Waals surface area contributed by atoms with E-state index in [-0.39, 0.29) is 0 Å². The molecule has 0 unspecified atom stereocenters. The van der Waals surface area contributed by atoms with Crippen LogP contribution in [0.15, 0.2) is 30.3 Å². The van der Waals surface area contributed by atoms with Gasteiger partial charge in [-0.15, -0.1) is 0 Å². The number of anilines is 1. The fraction of sp³-hybridized carbons (Fsp3) is 0.438. The summed E-state index contributed by atoms with van der Waals surface area (Å²) in [4.78, 5) is 0. The van der Waals surface area contributed by atoms with E-state index in [1.54, 1.807) is 0 Å². The molecule has 1 aliphatic carbocycles. The molecule has 3 nitrogen and oxygen atoms in total. The summed E-state index contributed by atoms with van der Waals surface area (Å²) in [6, 6.07) is 10.4. The van der Waals surface area contributed by atoms with Gasteiger partial charge in [-0.25, -0.2) is 0 Å². The molecule has 2 N–H and O–H groups in total. The Balaban J connectivity index is 2.07. The number of hydrogen-bond donors (Lipinski definition) is 1. The van der Waals surface area contributed by atoms with Gasteiger partial charge < -0.3 is 5.73 Å². The number of rotatable bonds is 2. The van der Waals surface area contributed by atoms with Crippen LogP contribution in [0.3, 0.4) is 0 Å². The second-order valence-corrected chi connectivity index (χ2v) is 5.47. The fourth-order valence-electron chi connectivity index (χ4n) is 3.16. The highest BCUT2D eigenvalue weighted by atomic mass is 15.3. The molecule has 1 saturated carbocycles. The Hall–Kier alpha value is -1.77. The van der Waals surface area contributed by atoms with Crippen LogP contribution in [0.4, 0.5) is 5.82 Å². The second-order valence-electron chi connectivity index (χ2n) is 5.47. The minimum absolute atomic E-state index is 0.581. The van der Waals surface area contributed by atoms with Gasteiger partial charge in [0.15, 0.2) is 0 Å². The first-order chi connectivity index (χ1) is 9.27. The van der Waals surface area contributed by atoms with E-state index < -0.39 is 0 Å². The van der Waals surface area contributed by atoms with E-state index in [0.29, 0.717) is 5.92 Å². The number of nitrogen functional groups attached to an aromatic ring is 1. The van der Waals surface area contributed by atoms with Crippen molar-refractivity contribution < 1.29 is 0 Å².